The number of hydrogen-bond acceptors (Lipinski definition) is 1. The highest BCUT2D eigenvalue weighted by Crippen LogP contribution is 2.54. The smallest absolute Gasteiger partial charge is 0.237 e. The van der Waals surface area contributed by atoms with Crippen LogP contribution >= 0.6 is 22.9 Å². The minimum Gasteiger partial charge on any atom is -0.285 e. The van der Waals surface area contributed by atoms with Gasteiger partial charge in [0.1, 0.15) is 0 Å². The Kier molecular flexibility index (Phi) is 1.07. The van der Waals surface area contributed by atoms with Gasteiger partial charge >= 0.3 is 0 Å². The van der Waals surface area contributed by atoms with Gasteiger partial charge in [0.15, 0.2) is 0 Å². The molecular weight excluding hydrogens is 229 g/mol. The summed E-state index contributed by atoms with van der Waals surface area (Å²) in [5.74, 6) is 0.378. The second kappa shape index (κ2) is 1.62. The summed E-state index contributed by atoms with van der Waals surface area (Å²) in [4.78, 5) is 11.2. The fraction of sp³-hybridized carbons (Fsp3) is 0.833. The Hall–Kier alpha value is 0.200. The molecule has 2 nitrogen and oxygen atoms in total. The zero-order valence-corrected chi connectivity index (χ0v) is 7.22. The molecule has 1 amide bonds. The predicted molar refractivity (Wildman–Crippen MR) is 42.0 cm³/mol. The molecule has 1 saturated heterocycles. The first kappa shape index (κ1) is 5.95. The van der Waals surface area contributed by atoms with E-state index in [1.54, 1.807) is 0 Å². The highest BCUT2D eigenvalue weighted by atomic mass is 127. The molecule has 3 heteroatoms. The maximum absolute atomic E-state index is 11.2. The van der Waals surface area contributed by atoms with Gasteiger partial charge in [0, 0.05) is 6.54 Å². The minimum atomic E-state index is 0.154. The summed E-state index contributed by atoms with van der Waals surface area (Å²) in [5.41, 5.74) is 0.154. The van der Waals surface area contributed by atoms with E-state index >= 15 is 0 Å². The van der Waals surface area contributed by atoms with Crippen LogP contribution in [0.3, 0.4) is 0 Å². The van der Waals surface area contributed by atoms with Crippen molar-refractivity contribution in [1.29, 1.82) is 0 Å². The highest BCUT2D eigenvalue weighted by molar-refractivity contribution is 14.1. The van der Waals surface area contributed by atoms with Crippen molar-refractivity contribution in [1.82, 2.24) is 3.11 Å². The Bertz CT molecular complexity index is 164. The Morgan fingerprint density at radius 1 is 1.44 bits per heavy atom. The van der Waals surface area contributed by atoms with Crippen molar-refractivity contribution < 1.29 is 4.79 Å². The summed E-state index contributed by atoms with van der Waals surface area (Å²) in [5, 5.41) is 0. The van der Waals surface area contributed by atoms with Crippen LogP contribution in [0.25, 0.3) is 0 Å². The van der Waals surface area contributed by atoms with E-state index in [4.69, 9.17) is 0 Å². The van der Waals surface area contributed by atoms with Crippen molar-refractivity contribution >= 4 is 28.8 Å². The number of hydrogen-bond donors (Lipinski definition) is 0. The lowest BCUT2D eigenvalue weighted by atomic mass is 10.1. The van der Waals surface area contributed by atoms with Gasteiger partial charge in [-0.05, 0) is 19.3 Å². The Balaban J connectivity index is 2.22. The monoisotopic (exact) mass is 237 g/mol. The van der Waals surface area contributed by atoms with Crippen molar-refractivity contribution in [2.45, 2.75) is 19.3 Å². The summed E-state index contributed by atoms with van der Waals surface area (Å²) in [6.45, 7) is 0.972. The van der Waals surface area contributed by atoms with Crippen molar-refractivity contribution in [3.05, 3.63) is 0 Å². The maximum Gasteiger partial charge on any atom is 0.237 e. The first-order chi connectivity index (χ1) is 4.25. The molecule has 1 saturated carbocycles. The topological polar surface area (TPSA) is 20.3 Å². The van der Waals surface area contributed by atoms with Gasteiger partial charge in [0.2, 0.25) is 5.91 Å². The number of carbonyl (C=O) groups excluding carboxylic acids is 1. The average Bonchev–Trinajstić information content (AvgIpc) is 2.57. The zero-order chi connectivity index (χ0) is 6.48. The summed E-state index contributed by atoms with van der Waals surface area (Å²) in [7, 11) is 0. The van der Waals surface area contributed by atoms with Crippen molar-refractivity contribution in [3.63, 3.8) is 0 Å². The molecule has 1 aliphatic heterocycles. The van der Waals surface area contributed by atoms with Crippen LogP contribution in [0.2, 0.25) is 0 Å². The fourth-order valence-electron chi connectivity index (χ4n) is 1.39. The molecule has 0 aromatic rings. The number of amides is 1. The summed E-state index contributed by atoms with van der Waals surface area (Å²) >= 11 is 2.11. The van der Waals surface area contributed by atoms with E-state index in [1.807, 2.05) is 3.11 Å². The van der Waals surface area contributed by atoms with E-state index in [0.29, 0.717) is 5.91 Å². The first-order valence-corrected chi connectivity index (χ1v) is 4.19. The van der Waals surface area contributed by atoms with Crippen LogP contribution in [-0.2, 0) is 4.79 Å². The molecule has 9 heavy (non-hydrogen) atoms. The van der Waals surface area contributed by atoms with Crippen LogP contribution < -0.4 is 0 Å². The predicted octanol–water partition coefficient (Wildman–Crippen LogP) is 1.35. The van der Waals surface area contributed by atoms with Gasteiger partial charge in [-0.15, -0.1) is 0 Å². The zero-order valence-electron chi connectivity index (χ0n) is 5.06. The summed E-state index contributed by atoms with van der Waals surface area (Å²) in [6.07, 6.45) is 3.39. The van der Waals surface area contributed by atoms with E-state index < -0.39 is 0 Å². The molecule has 50 valence electrons. The molecule has 0 aromatic carbocycles. The number of nitrogens with zero attached hydrogens (tertiary/aromatic N) is 1. The van der Waals surface area contributed by atoms with Gasteiger partial charge in [-0.25, -0.2) is 0 Å². The molecule has 0 atom stereocenters. The highest BCUT2D eigenvalue weighted by Gasteiger charge is 2.54. The normalized spacial score (nSPS) is 29.9. The van der Waals surface area contributed by atoms with E-state index in [1.165, 1.54) is 0 Å². The Labute approximate surface area is 68.1 Å². The van der Waals surface area contributed by atoms with E-state index in [2.05, 4.69) is 22.9 Å². The molecule has 0 N–H and O–H groups in total. The van der Waals surface area contributed by atoms with Crippen LogP contribution in [0.4, 0.5) is 0 Å². The Morgan fingerprint density at radius 2 is 2.11 bits per heavy atom. The van der Waals surface area contributed by atoms with Crippen LogP contribution in [0.5, 0.6) is 0 Å². The van der Waals surface area contributed by atoms with Gasteiger partial charge in [-0.3, -0.25) is 7.91 Å². The lowest BCUT2D eigenvalue weighted by Gasteiger charge is -2.03. The van der Waals surface area contributed by atoms with E-state index in [-0.39, 0.29) is 5.41 Å². The Morgan fingerprint density at radius 3 is 2.33 bits per heavy atom. The lowest BCUT2D eigenvalue weighted by molar-refractivity contribution is -0.126. The van der Waals surface area contributed by atoms with Crippen LogP contribution in [0.1, 0.15) is 19.3 Å². The van der Waals surface area contributed by atoms with Crippen LogP contribution in [0.15, 0.2) is 0 Å². The molecular formula is C6H8INO. The van der Waals surface area contributed by atoms with Gasteiger partial charge in [-0.1, -0.05) is 0 Å². The largest absolute Gasteiger partial charge is 0.285 e. The molecule has 0 bridgehead atoms. The van der Waals surface area contributed by atoms with Crippen LogP contribution in [-0.4, -0.2) is 15.6 Å². The lowest BCUT2D eigenvalue weighted by Crippen LogP contribution is -2.17. The molecule has 2 fully saturated rings. The number of rotatable bonds is 0. The third-order valence-corrected chi connectivity index (χ3v) is 3.23. The summed E-state index contributed by atoms with van der Waals surface area (Å²) in [6, 6.07) is 0. The van der Waals surface area contributed by atoms with E-state index in [9.17, 15) is 4.79 Å². The molecule has 0 radical (unpaired) electrons. The number of carbonyl (C=O) groups is 1. The standard InChI is InChI=1S/C6H8INO/c7-8-4-3-6(1-2-6)5(8)9/h1-4H2. The van der Waals surface area contributed by atoms with E-state index in [0.717, 1.165) is 25.8 Å². The molecule has 1 spiro atoms. The SMILES string of the molecule is O=C1N(I)CCC12CC2. The molecule has 1 aliphatic carbocycles. The molecule has 1 heterocycles. The first-order valence-electron chi connectivity index (χ1n) is 3.22. The van der Waals surface area contributed by atoms with Crippen LogP contribution in [0, 0.1) is 5.41 Å². The quantitative estimate of drug-likeness (QED) is 0.460. The van der Waals surface area contributed by atoms with Gasteiger partial charge in [0.25, 0.3) is 0 Å². The van der Waals surface area contributed by atoms with Gasteiger partial charge in [0.05, 0.1) is 28.3 Å². The maximum atomic E-state index is 11.2. The van der Waals surface area contributed by atoms with Gasteiger partial charge in [-0.2, -0.15) is 0 Å². The summed E-state index contributed by atoms with van der Waals surface area (Å²) < 4.78 is 1.82. The van der Waals surface area contributed by atoms with Crippen molar-refractivity contribution in [3.8, 4) is 0 Å². The fourth-order valence-corrected chi connectivity index (χ4v) is 2.15. The third-order valence-electron chi connectivity index (χ3n) is 2.31. The van der Waals surface area contributed by atoms with Gasteiger partial charge < -0.3 is 0 Å². The van der Waals surface area contributed by atoms with Crippen molar-refractivity contribution in [2.24, 2.45) is 5.41 Å². The molecule has 2 rings (SSSR count). The number of halogens is 1. The average molecular weight is 237 g/mol. The molecule has 0 aromatic heterocycles. The molecule has 2 aliphatic rings. The molecule has 0 unspecified atom stereocenters. The van der Waals surface area contributed by atoms with Crippen molar-refractivity contribution in [2.75, 3.05) is 6.54 Å². The second-order valence-electron chi connectivity index (χ2n) is 2.92. The second-order valence-corrected chi connectivity index (χ2v) is 4.09. The third kappa shape index (κ3) is 0.701. The minimum absolute atomic E-state index is 0.154.